The molecule has 0 spiro atoms. The van der Waals surface area contributed by atoms with Gasteiger partial charge in [-0.1, -0.05) is 0 Å². The number of carbonyl (C=O) groups is 1. The largest absolute Gasteiger partial charge is 0.356 e. The number of nitrogens with one attached hydrogen (secondary N) is 1. The third-order valence-electron chi connectivity index (χ3n) is 4.86. The van der Waals surface area contributed by atoms with Crippen molar-refractivity contribution in [1.82, 2.24) is 29.5 Å². The van der Waals surface area contributed by atoms with Gasteiger partial charge in [-0.2, -0.15) is 9.61 Å². The molecule has 0 aromatic carbocycles. The summed E-state index contributed by atoms with van der Waals surface area (Å²) in [5, 5.41) is 7.70. The van der Waals surface area contributed by atoms with E-state index >= 15 is 0 Å². The van der Waals surface area contributed by atoms with Gasteiger partial charge in [-0.25, -0.2) is 9.97 Å². The van der Waals surface area contributed by atoms with Crippen LogP contribution in [0.2, 0.25) is 0 Å². The molecule has 0 saturated carbocycles. The summed E-state index contributed by atoms with van der Waals surface area (Å²) in [7, 11) is 1.83. The molecule has 0 bridgehead atoms. The minimum Gasteiger partial charge on any atom is -0.356 e. The van der Waals surface area contributed by atoms with Crippen molar-refractivity contribution >= 4 is 17.4 Å². The second-order valence-electron chi connectivity index (χ2n) is 6.94. The van der Waals surface area contributed by atoms with Gasteiger partial charge >= 0.3 is 0 Å². The molecule has 0 atom stereocenters. The lowest BCUT2D eigenvalue weighted by Crippen LogP contribution is -2.45. The van der Waals surface area contributed by atoms with E-state index in [0.29, 0.717) is 5.69 Å². The number of amides is 1. The van der Waals surface area contributed by atoms with Crippen LogP contribution in [-0.2, 0) is 7.05 Å². The summed E-state index contributed by atoms with van der Waals surface area (Å²) in [4.78, 5) is 23.2. The second kappa shape index (κ2) is 6.44. The fourth-order valence-electron chi connectivity index (χ4n) is 3.51. The summed E-state index contributed by atoms with van der Waals surface area (Å²) in [6.07, 6.45) is 5.03. The van der Waals surface area contributed by atoms with E-state index in [1.807, 2.05) is 31.5 Å². The van der Waals surface area contributed by atoms with E-state index in [0.717, 1.165) is 48.8 Å². The Hall–Kier alpha value is -2.90. The van der Waals surface area contributed by atoms with Gasteiger partial charge in [-0.15, -0.1) is 0 Å². The first-order chi connectivity index (χ1) is 12.5. The smallest absolute Gasteiger partial charge is 0.269 e. The Kier molecular flexibility index (Phi) is 4.10. The average Bonchev–Trinajstić information content (AvgIpc) is 3.19. The van der Waals surface area contributed by atoms with Crippen LogP contribution in [0.3, 0.4) is 0 Å². The standard InChI is InChI=1S/C18H23N7O/c1-12-9-17(25-16(20-12)8-13(2)22-25)24-6-4-14(5-7-24)21-18(26)15-10-19-11-23(15)3/h8-11,14H,4-7H2,1-3H3,(H,21,26). The maximum atomic E-state index is 12.4. The predicted molar refractivity (Wildman–Crippen MR) is 98.4 cm³/mol. The molecule has 4 heterocycles. The first-order valence-corrected chi connectivity index (χ1v) is 8.87. The number of imidazole rings is 1. The van der Waals surface area contributed by atoms with Crippen molar-refractivity contribution in [2.24, 2.45) is 7.05 Å². The number of nitrogens with zero attached hydrogens (tertiary/aromatic N) is 6. The highest BCUT2D eigenvalue weighted by atomic mass is 16.2. The normalized spacial score (nSPS) is 15.6. The zero-order valence-corrected chi connectivity index (χ0v) is 15.3. The van der Waals surface area contributed by atoms with Crippen LogP contribution in [0.15, 0.2) is 24.7 Å². The molecule has 3 aromatic heterocycles. The highest BCUT2D eigenvalue weighted by Gasteiger charge is 2.24. The van der Waals surface area contributed by atoms with Crippen LogP contribution in [0.5, 0.6) is 0 Å². The molecular formula is C18H23N7O. The van der Waals surface area contributed by atoms with Crippen molar-refractivity contribution in [1.29, 1.82) is 0 Å². The van der Waals surface area contributed by atoms with Gasteiger partial charge in [0.05, 0.1) is 18.2 Å². The monoisotopic (exact) mass is 353 g/mol. The van der Waals surface area contributed by atoms with E-state index in [1.165, 1.54) is 0 Å². The number of piperidine rings is 1. The van der Waals surface area contributed by atoms with Gasteiger partial charge in [0.25, 0.3) is 5.91 Å². The molecule has 1 aliphatic rings. The van der Waals surface area contributed by atoms with Crippen LogP contribution in [-0.4, -0.2) is 49.2 Å². The molecule has 1 N–H and O–H groups in total. The van der Waals surface area contributed by atoms with Crippen LogP contribution in [0, 0.1) is 13.8 Å². The number of carbonyl (C=O) groups excluding carboxylic acids is 1. The third kappa shape index (κ3) is 3.02. The van der Waals surface area contributed by atoms with E-state index in [9.17, 15) is 4.79 Å². The molecule has 1 aliphatic heterocycles. The molecule has 136 valence electrons. The Balaban J connectivity index is 1.46. The van der Waals surface area contributed by atoms with E-state index in [1.54, 1.807) is 17.1 Å². The van der Waals surface area contributed by atoms with Gasteiger partial charge in [0.1, 0.15) is 11.5 Å². The lowest BCUT2D eigenvalue weighted by molar-refractivity contribution is 0.0923. The minimum absolute atomic E-state index is 0.0618. The van der Waals surface area contributed by atoms with Crippen LogP contribution in [0.4, 0.5) is 5.82 Å². The lowest BCUT2D eigenvalue weighted by atomic mass is 10.0. The van der Waals surface area contributed by atoms with Crippen LogP contribution in [0.25, 0.3) is 5.65 Å². The number of aromatic nitrogens is 5. The van der Waals surface area contributed by atoms with Crippen LogP contribution < -0.4 is 10.2 Å². The number of fused-ring (bicyclic) bond motifs is 1. The third-order valence-corrected chi connectivity index (χ3v) is 4.86. The summed E-state index contributed by atoms with van der Waals surface area (Å²) in [6.45, 7) is 5.72. The first kappa shape index (κ1) is 16.6. The Morgan fingerprint density at radius 3 is 2.65 bits per heavy atom. The van der Waals surface area contributed by atoms with Crippen molar-refractivity contribution in [2.75, 3.05) is 18.0 Å². The Morgan fingerprint density at radius 1 is 1.19 bits per heavy atom. The zero-order valence-electron chi connectivity index (χ0n) is 15.3. The number of anilines is 1. The van der Waals surface area contributed by atoms with Crippen molar-refractivity contribution in [2.45, 2.75) is 32.7 Å². The van der Waals surface area contributed by atoms with Gasteiger partial charge in [0.2, 0.25) is 0 Å². The van der Waals surface area contributed by atoms with Crippen molar-refractivity contribution in [3.63, 3.8) is 0 Å². The number of hydrogen-bond donors (Lipinski definition) is 1. The molecule has 1 fully saturated rings. The topological polar surface area (TPSA) is 80.4 Å². The Labute approximate surface area is 151 Å². The van der Waals surface area contributed by atoms with Crippen LogP contribution in [0.1, 0.15) is 34.7 Å². The maximum absolute atomic E-state index is 12.4. The van der Waals surface area contributed by atoms with Crippen molar-refractivity contribution in [3.05, 3.63) is 41.7 Å². The molecule has 26 heavy (non-hydrogen) atoms. The van der Waals surface area contributed by atoms with Gasteiger partial charge < -0.3 is 14.8 Å². The van der Waals surface area contributed by atoms with Crippen molar-refractivity contribution < 1.29 is 4.79 Å². The summed E-state index contributed by atoms with van der Waals surface area (Å²) in [5.41, 5.74) is 3.41. The quantitative estimate of drug-likeness (QED) is 0.771. The van der Waals surface area contributed by atoms with Crippen LogP contribution >= 0.6 is 0 Å². The second-order valence-corrected chi connectivity index (χ2v) is 6.94. The van der Waals surface area contributed by atoms with Gasteiger partial charge in [-0.3, -0.25) is 4.79 Å². The maximum Gasteiger partial charge on any atom is 0.269 e. The fourth-order valence-corrected chi connectivity index (χ4v) is 3.51. The Bertz CT molecular complexity index is 950. The summed E-state index contributed by atoms with van der Waals surface area (Å²) in [6, 6.07) is 4.25. The minimum atomic E-state index is -0.0618. The average molecular weight is 353 g/mol. The SMILES string of the molecule is Cc1cc(N2CCC(NC(=O)c3cncn3C)CC2)n2nc(C)cc2n1. The van der Waals surface area contributed by atoms with E-state index in [2.05, 4.69) is 31.3 Å². The Morgan fingerprint density at radius 2 is 1.96 bits per heavy atom. The molecule has 3 aromatic rings. The molecule has 8 nitrogen and oxygen atoms in total. The molecule has 0 aliphatic carbocycles. The summed E-state index contributed by atoms with van der Waals surface area (Å²) >= 11 is 0. The van der Waals surface area contributed by atoms with E-state index in [-0.39, 0.29) is 11.9 Å². The first-order valence-electron chi connectivity index (χ1n) is 8.87. The van der Waals surface area contributed by atoms with Crippen molar-refractivity contribution in [3.8, 4) is 0 Å². The fraction of sp³-hybridized carbons (Fsp3) is 0.444. The van der Waals surface area contributed by atoms with E-state index < -0.39 is 0 Å². The molecule has 1 saturated heterocycles. The predicted octanol–water partition coefficient (Wildman–Crippen LogP) is 1.48. The molecule has 4 rings (SSSR count). The van der Waals surface area contributed by atoms with E-state index in [4.69, 9.17) is 0 Å². The molecular weight excluding hydrogens is 330 g/mol. The number of hydrogen-bond acceptors (Lipinski definition) is 5. The highest BCUT2D eigenvalue weighted by molar-refractivity contribution is 5.92. The molecule has 0 unspecified atom stereocenters. The highest BCUT2D eigenvalue weighted by Crippen LogP contribution is 2.22. The summed E-state index contributed by atoms with van der Waals surface area (Å²) in [5.74, 6) is 1.00. The van der Waals surface area contributed by atoms with Gasteiger partial charge in [0, 0.05) is 44.0 Å². The lowest BCUT2D eigenvalue weighted by Gasteiger charge is -2.34. The summed E-state index contributed by atoms with van der Waals surface area (Å²) < 4.78 is 3.65. The molecule has 0 radical (unpaired) electrons. The zero-order chi connectivity index (χ0) is 18.3. The van der Waals surface area contributed by atoms with Gasteiger partial charge in [-0.05, 0) is 26.7 Å². The molecule has 1 amide bonds. The molecule has 8 heteroatoms. The number of rotatable bonds is 3. The number of aryl methyl sites for hydroxylation is 3. The van der Waals surface area contributed by atoms with Gasteiger partial charge in [0.15, 0.2) is 5.65 Å².